The van der Waals surface area contributed by atoms with Gasteiger partial charge >= 0.3 is 0 Å². The highest BCUT2D eigenvalue weighted by atomic mass is 19.2. The summed E-state index contributed by atoms with van der Waals surface area (Å²) in [4.78, 5) is 4.46. The lowest BCUT2D eigenvalue weighted by Gasteiger charge is -2.03. The van der Waals surface area contributed by atoms with Crippen molar-refractivity contribution >= 4 is 11.0 Å². The number of aryl methyl sites for hydroxylation is 1. The van der Waals surface area contributed by atoms with E-state index in [0.29, 0.717) is 17.9 Å². The minimum Gasteiger partial charge on any atom is -0.327 e. The van der Waals surface area contributed by atoms with Crippen molar-refractivity contribution in [2.75, 3.05) is 0 Å². The molecule has 0 saturated carbocycles. The van der Waals surface area contributed by atoms with Crippen LogP contribution in [0.4, 0.5) is 8.78 Å². The highest BCUT2D eigenvalue weighted by Crippen LogP contribution is 2.25. The van der Waals surface area contributed by atoms with Crippen LogP contribution >= 0.6 is 0 Å². The Kier molecular flexibility index (Phi) is 2.99. The van der Waals surface area contributed by atoms with E-state index in [1.54, 1.807) is 0 Å². The summed E-state index contributed by atoms with van der Waals surface area (Å²) in [6.45, 7) is 0.446. The fourth-order valence-corrected chi connectivity index (χ4v) is 2.26. The van der Waals surface area contributed by atoms with Crippen molar-refractivity contribution in [2.24, 2.45) is 12.8 Å². The van der Waals surface area contributed by atoms with Gasteiger partial charge in [-0.25, -0.2) is 13.8 Å². The Labute approximate surface area is 114 Å². The Bertz CT molecular complexity index is 793. The van der Waals surface area contributed by atoms with Crippen LogP contribution in [0.1, 0.15) is 5.56 Å². The summed E-state index contributed by atoms with van der Waals surface area (Å²) in [6.07, 6.45) is 0. The molecule has 2 aromatic carbocycles. The Hall–Kier alpha value is -2.27. The van der Waals surface area contributed by atoms with Crippen LogP contribution in [0, 0.1) is 11.6 Å². The van der Waals surface area contributed by atoms with Gasteiger partial charge in [0.2, 0.25) is 0 Å². The Balaban J connectivity index is 2.21. The number of hydrogen-bond donors (Lipinski definition) is 1. The molecular weight excluding hydrogens is 260 g/mol. The monoisotopic (exact) mass is 273 g/mol. The van der Waals surface area contributed by atoms with E-state index in [1.807, 2.05) is 29.8 Å². The average Bonchev–Trinajstić information content (AvgIpc) is 2.79. The molecule has 0 fully saturated rings. The number of fused-ring (bicyclic) bond motifs is 1. The molecule has 0 aliphatic rings. The van der Waals surface area contributed by atoms with Crippen LogP contribution in [0.25, 0.3) is 22.4 Å². The summed E-state index contributed by atoms with van der Waals surface area (Å²) in [5.74, 6) is -1.15. The summed E-state index contributed by atoms with van der Waals surface area (Å²) in [7, 11) is 1.84. The van der Waals surface area contributed by atoms with Crippen molar-refractivity contribution in [3.05, 3.63) is 53.6 Å². The van der Waals surface area contributed by atoms with Gasteiger partial charge in [0.15, 0.2) is 11.6 Å². The molecule has 0 bridgehead atoms. The molecular formula is C15H13F2N3. The fraction of sp³-hybridized carbons (Fsp3) is 0.133. The maximum Gasteiger partial charge on any atom is 0.159 e. The largest absolute Gasteiger partial charge is 0.327 e. The number of imidazole rings is 1. The van der Waals surface area contributed by atoms with Crippen molar-refractivity contribution in [3.8, 4) is 11.4 Å². The molecule has 3 aromatic rings. The zero-order chi connectivity index (χ0) is 14.3. The molecule has 5 heteroatoms. The molecule has 0 radical (unpaired) electrons. The van der Waals surface area contributed by atoms with Crippen molar-refractivity contribution < 1.29 is 8.78 Å². The molecule has 0 amide bonds. The van der Waals surface area contributed by atoms with Crippen LogP contribution in [0.5, 0.6) is 0 Å². The van der Waals surface area contributed by atoms with E-state index >= 15 is 0 Å². The Morgan fingerprint density at radius 2 is 1.90 bits per heavy atom. The predicted octanol–water partition coefficient (Wildman–Crippen LogP) is 2.98. The van der Waals surface area contributed by atoms with Gasteiger partial charge in [-0.1, -0.05) is 6.07 Å². The lowest BCUT2D eigenvalue weighted by atomic mass is 10.2. The Morgan fingerprint density at radius 1 is 1.10 bits per heavy atom. The van der Waals surface area contributed by atoms with E-state index in [2.05, 4.69) is 4.98 Å². The Morgan fingerprint density at radius 3 is 2.60 bits per heavy atom. The van der Waals surface area contributed by atoms with Gasteiger partial charge in [0.1, 0.15) is 5.82 Å². The van der Waals surface area contributed by atoms with Crippen LogP contribution < -0.4 is 5.73 Å². The van der Waals surface area contributed by atoms with Crippen molar-refractivity contribution in [1.29, 1.82) is 0 Å². The van der Waals surface area contributed by atoms with Crippen molar-refractivity contribution in [2.45, 2.75) is 6.54 Å². The van der Waals surface area contributed by atoms with E-state index in [9.17, 15) is 8.78 Å². The topological polar surface area (TPSA) is 43.8 Å². The zero-order valence-electron chi connectivity index (χ0n) is 10.9. The maximum atomic E-state index is 13.3. The molecule has 20 heavy (non-hydrogen) atoms. The molecule has 0 aliphatic heterocycles. The van der Waals surface area contributed by atoms with E-state index in [0.717, 1.165) is 28.7 Å². The molecule has 1 aromatic heterocycles. The van der Waals surface area contributed by atoms with Gasteiger partial charge in [0, 0.05) is 19.2 Å². The smallest absolute Gasteiger partial charge is 0.159 e. The standard InChI is InChI=1S/C15H13F2N3/c1-20-14-6-9(8-18)2-5-13(14)19-15(20)10-3-4-11(16)12(17)7-10/h2-7H,8,18H2,1H3. The van der Waals surface area contributed by atoms with Gasteiger partial charge in [-0.3, -0.25) is 0 Å². The molecule has 0 unspecified atom stereocenters. The molecule has 102 valence electrons. The lowest BCUT2D eigenvalue weighted by molar-refractivity contribution is 0.509. The van der Waals surface area contributed by atoms with Gasteiger partial charge in [0.25, 0.3) is 0 Å². The van der Waals surface area contributed by atoms with E-state index in [1.165, 1.54) is 6.07 Å². The highest BCUT2D eigenvalue weighted by Gasteiger charge is 2.12. The molecule has 1 heterocycles. The van der Waals surface area contributed by atoms with Gasteiger partial charge in [-0.15, -0.1) is 0 Å². The first-order valence-corrected chi connectivity index (χ1v) is 6.21. The molecule has 0 saturated heterocycles. The van der Waals surface area contributed by atoms with Gasteiger partial charge in [-0.2, -0.15) is 0 Å². The van der Waals surface area contributed by atoms with E-state index in [-0.39, 0.29) is 0 Å². The molecule has 0 spiro atoms. The minimum atomic E-state index is -0.878. The van der Waals surface area contributed by atoms with Gasteiger partial charge in [-0.05, 0) is 35.9 Å². The molecule has 0 atom stereocenters. The van der Waals surface area contributed by atoms with Crippen LogP contribution in [0.2, 0.25) is 0 Å². The second-order valence-corrected chi connectivity index (χ2v) is 4.65. The number of aromatic nitrogens is 2. The molecule has 3 nitrogen and oxygen atoms in total. The van der Waals surface area contributed by atoms with Crippen LogP contribution in [0.15, 0.2) is 36.4 Å². The second-order valence-electron chi connectivity index (χ2n) is 4.65. The van der Waals surface area contributed by atoms with Crippen LogP contribution in [-0.2, 0) is 13.6 Å². The van der Waals surface area contributed by atoms with E-state index < -0.39 is 11.6 Å². The molecule has 3 rings (SSSR count). The first-order valence-electron chi connectivity index (χ1n) is 6.21. The number of rotatable bonds is 2. The van der Waals surface area contributed by atoms with E-state index in [4.69, 9.17) is 5.73 Å². The minimum absolute atomic E-state index is 0.446. The highest BCUT2D eigenvalue weighted by molar-refractivity contribution is 5.81. The zero-order valence-corrected chi connectivity index (χ0v) is 10.9. The third kappa shape index (κ3) is 1.96. The first-order chi connectivity index (χ1) is 9.60. The lowest BCUT2D eigenvalue weighted by Crippen LogP contribution is -1.97. The van der Waals surface area contributed by atoms with Crippen LogP contribution in [-0.4, -0.2) is 9.55 Å². The summed E-state index contributed by atoms with van der Waals surface area (Å²) in [5, 5.41) is 0. The number of nitrogens with zero attached hydrogens (tertiary/aromatic N) is 2. The summed E-state index contributed by atoms with van der Waals surface area (Å²) in [6, 6.07) is 9.51. The predicted molar refractivity (Wildman–Crippen MR) is 74.0 cm³/mol. The quantitative estimate of drug-likeness (QED) is 0.780. The third-order valence-corrected chi connectivity index (χ3v) is 3.36. The maximum absolute atomic E-state index is 13.3. The van der Waals surface area contributed by atoms with Crippen molar-refractivity contribution in [1.82, 2.24) is 9.55 Å². The van der Waals surface area contributed by atoms with Gasteiger partial charge in [0.05, 0.1) is 11.0 Å². The summed E-state index contributed by atoms with van der Waals surface area (Å²) in [5.41, 5.74) is 8.87. The number of nitrogens with two attached hydrogens (primary N) is 1. The number of hydrogen-bond acceptors (Lipinski definition) is 2. The van der Waals surface area contributed by atoms with Crippen molar-refractivity contribution in [3.63, 3.8) is 0 Å². The summed E-state index contributed by atoms with van der Waals surface area (Å²) >= 11 is 0. The van der Waals surface area contributed by atoms with Gasteiger partial charge < -0.3 is 10.3 Å². The first kappa shape index (κ1) is 12.7. The fourth-order valence-electron chi connectivity index (χ4n) is 2.26. The summed E-state index contributed by atoms with van der Waals surface area (Å²) < 4.78 is 28.2. The number of halogens is 2. The normalized spacial score (nSPS) is 11.2. The number of benzene rings is 2. The van der Waals surface area contributed by atoms with Crippen LogP contribution in [0.3, 0.4) is 0 Å². The third-order valence-electron chi connectivity index (χ3n) is 3.36. The molecule has 2 N–H and O–H groups in total. The second kappa shape index (κ2) is 4.68. The average molecular weight is 273 g/mol. The molecule has 0 aliphatic carbocycles. The SMILES string of the molecule is Cn1c(-c2ccc(F)c(F)c2)nc2ccc(CN)cc21.